The van der Waals surface area contributed by atoms with E-state index in [1.54, 1.807) is 6.92 Å². The van der Waals surface area contributed by atoms with E-state index in [1.165, 1.54) is 0 Å². The Labute approximate surface area is 84.4 Å². The summed E-state index contributed by atoms with van der Waals surface area (Å²) in [6.07, 6.45) is 2.17. The lowest BCUT2D eigenvalue weighted by Gasteiger charge is -2.35. The van der Waals surface area contributed by atoms with Crippen molar-refractivity contribution >= 4 is 11.7 Å². The van der Waals surface area contributed by atoms with E-state index in [-0.39, 0.29) is 0 Å². The molecule has 2 aliphatic rings. The highest BCUT2D eigenvalue weighted by molar-refractivity contribution is 5.81. The van der Waals surface area contributed by atoms with Crippen molar-refractivity contribution in [3.63, 3.8) is 0 Å². The Hall–Kier alpha value is -1.06. The number of nitrogens with one attached hydrogen (secondary N) is 1. The topological polar surface area (TPSA) is 47.4 Å². The smallest absolute Gasteiger partial charge is 0.225 e. The number of nitrogens with zero attached hydrogens (tertiary/aromatic N) is 2. The number of carbonyl (C=O) groups excluding carboxylic acids is 1. The lowest BCUT2D eigenvalue weighted by atomic mass is 10.2. The van der Waals surface area contributed by atoms with Crippen molar-refractivity contribution in [3.8, 4) is 0 Å². The number of piperazine rings is 1. The molecule has 4 heteroatoms. The minimum Gasteiger partial charge on any atom is -0.357 e. The Morgan fingerprint density at radius 2 is 1.64 bits per heavy atom. The van der Waals surface area contributed by atoms with Crippen molar-refractivity contribution in [3.05, 3.63) is 0 Å². The van der Waals surface area contributed by atoms with Crippen LogP contribution < -0.4 is 0 Å². The SMILES string of the molecule is CC(=N)N1CCN(C(=O)C2CC2)CC1. The molecule has 1 saturated heterocycles. The summed E-state index contributed by atoms with van der Waals surface area (Å²) in [5.41, 5.74) is 0. The van der Waals surface area contributed by atoms with Crippen LogP contribution >= 0.6 is 0 Å². The van der Waals surface area contributed by atoms with Crippen LogP contribution in [0.2, 0.25) is 0 Å². The maximum atomic E-state index is 11.7. The zero-order chi connectivity index (χ0) is 10.1. The normalized spacial score (nSPS) is 22.4. The number of amides is 1. The maximum Gasteiger partial charge on any atom is 0.225 e. The first-order chi connectivity index (χ1) is 6.68. The van der Waals surface area contributed by atoms with E-state index in [2.05, 4.69) is 0 Å². The summed E-state index contributed by atoms with van der Waals surface area (Å²) in [4.78, 5) is 15.7. The second kappa shape index (κ2) is 3.59. The Morgan fingerprint density at radius 3 is 2.07 bits per heavy atom. The van der Waals surface area contributed by atoms with Crippen LogP contribution in [-0.4, -0.2) is 47.7 Å². The van der Waals surface area contributed by atoms with Gasteiger partial charge in [-0.05, 0) is 19.8 Å². The molecular formula is C10H17N3O. The second-order valence-electron chi connectivity index (χ2n) is 4.17. The van der Waals surface area contributed by atoms with Gasteiger partial charge in [-0.1, -0.05) is 0 Å². The third-order valence-corrected chi connectivity index (χ3v) is 2.99. The zero-order valence-electron chi connectivity index (χ0n) is 8.62. The number of hydrogen-bond donors (Lipinski definition) is 1. The predicted octanol–water partition coefficient (Wildman–Crippen LogP) is 0.538. The number of hydrogen-bond acceptors (Lipinski definition) is 2. The Morgan fingerprint density at radius 1 is 1.14 bits per heavy atom. The molecule has 0 radical (unpaired) electrons. The van der Waals surface area contributed by atoms with Gasteiger partial charge in [0.05, 0.1) is 5.84 Å². The zero-order valence-corrected chi connectivity index (χ0v) is 8.62. The predicted molar refractivity (Wildman–Crippen MR) is 54.3 cm³/mol. The van der Waals surface area contributed by atoms with E-state index in [9.17, 15) is 4.79 Å². The molecule has 2 rings (SSSR count). The molecule has 14 heavy (non-hydrogen) atoms. The van der Waals surface area contributed by atoms with Crippen LogP contribution in [0.25, 0.3) is 0 Å². The first-order valence-corrected chi connectivity index (χ1v) is 5.27. The number of amidine groups is 1. The van der Waals surface area contributed by atoms with E-state index in [0.717, 1.165) is 39.0 Å². The van der Waals surface area contributed by atoms with E-state index in [4.69, 9.17) is 5.41 Å². The van der Waals surface area contributed by atoms with Gasteiger partial charge in [0.2, 0.25) is 5.91 Å². The van der Waals surface area contributed by atoms with Crippen LogP contribution in [0.4, 0.5) is 0 Å². The summed E-state index contributed by atoms with van der Waals surface area (Å²) < 4.78 is 0. The second-order valence-corrected chi connectivity index (χ2v) is 4.17. The summed E-state index contributed by atoms with van der Waals surface area (Å²) in [5.74, 6) is 1.29. The molecule has 0 atom stereocenters. The summed E-state index contributed by atoms with van der Waals surface area (Å²) in [6, 6.07) is 0. The van der Waals surface area contributed by atoms with E-state index in [0.29, 0.717) is 17.7 Å². The van der Waals surface area contributed by atoms with E-state index >= 15 is 0 Å². The van der Waals surface area contributed by atoms with Gasteiger partial charge in [-0.3, -0.25) is 10.2 Å². The van der Waals surface area contributed by atoms with Gasteiger partial charge in [0.15, 0.2) is 0 Å². The van der Waals surface area contributed by atoms with Crippen LogP contribution in [0.15, 0.2) is 0 Å². The summed E-state index contributed by atoms with van der Waals surface area (Å²) in [5, 5.41) is 7.48. The van der Waals surface area contributed by atoms with Gasteiger partial charge in [0.25, 0.3) is 0 Å². The first-order valence-electron chi connectivity index (χ1n) is 5.27. The van der Waals surface area contributed by atoms with Gasteiger partial charge in [-0.2, -0.15) is 0 Å². The Balaban J connectivity index is 1.83. The fourth-order valence-electron chi connectivity index (χ4n) is 1.85. The third kappa shape index (κ3) is 1.89. The summed E-state index contributed by atoms with van der Waals surface area (Å²) >= 11 is 0. The molecule has 1 aliphatic heterocycles. The molecule has 1 amide bonds. The molecule has 4 nitrogen and oxygen atoms in total. The van der Waals surface area contributed by atoms with Crippen molar-refractivity contribution < 1.29 is 4.79 Å². The number of carbonyl (C=O) groups is 1. The standard InChI is InChI=1S/C10H17N3O/c1-8(11)12-4-6-13(7-5-12)10(14)9-2-3-9/h9,11H,2-7H2,1H3. The van der Waals surface area contributed by atoms with Crippen molar-refractivity contribution in [2.75, 3.05) is 26.2 Å². The monoisotopic (exact) mass is 195 g/mol. The maximum absolute atomic E-state index is 11.7. The van der Waals surface area contributed by atoms with Crippen LogP contribution in [0, 0.1) is 11.3 Å². The Bertz CT molecular complexity index is 252. The summed E-state index contributed by atoms with van der Waals surface area (Å²) in [7, 11) is 0. The highest BCUT2D eigenvalue weighted by Gasteiger charge is 2.34. The molecule has 1 aliphatic carbocycles. The highest BCUT2D eigenvalue weighted by atomic mass is 16.2. The van der Waals surface area contributed by atoms with Crippen LogP contribution in [0.5, 0.6) is 0 Å². The van der Waals surface area contributed by atoms with Crippen molar-refractivity contribution in [2.24, 2.45) is 5.92 Å². The molecule has 0 bridgehead atoms. The molecule has 0 aromatic rings. The fourth-order valence-corrected chi connectivity index (χ4v) is 1.85. The largest absolute Gasteiger partial charge is 0.357 e. The van der Waals surface area contributed by atoms with Gasteiger partial charge in [0.1, 0.15) is 0 Å². The van der Waals surface area contributed by atoms with Crippen molar-refractivity contribution in [2.45, 2.75) is 19.8 Å². The van der Waals surface area contributed by atoms with E-state index in [1.807, 2.05) is 9.80 Å². The molecular weight excluding hydrogens is 178 g/mol. The number of rotatable bonds is 1. The minimum atomic E-state index is 0.336. The van der Waals surface area contributed by atoms with Crippen LogP contribution in [0.1, 0.15) is 19.8 Å². The highest BCUT2D eigenvalue weighted by Crippen LogP contribution is 2.31. The average Bonchev–Trinajstić information content (AvgIpc) is 3.00. The molecule has 0 aromatic carbocycles. The van der Waals surface area contributed by atoms with Gasteiger partial charge < -0.3 is 9.80 Å². The van der Waals surface area contributed by atoms with Crippen molar-refractivity contribution in [1.82, 2.24) is 9.80 Å². The first kappa shape index (κ1) is 9.49. The molecule has 0 aromatic heterocycles. The van der Waals surface area contributed by atoms with Gasteiger partial charge in [0, 0.05) is 32.1 Å². The molecule has 0 spiro atoms. The Kier molecular flexibility index (Phi) is 2.44. The van der Waals surface area contributed by atoms with Crippen molar-refractivity contribution in [1.29, 1.82) is 5.41 Å². The fraction of sp³-hybridized carbons (Fsp3) is 0.800. The molecule has 1 heterocycles. The minimum absolute atomic E-state index is 0.336. The summed E-state index contributed by atoms with van der Waals surface area (Å²) in [6.45, 7) is 5.05. The van der Waals surface area contributed by atoms with Gasteiger partial charge >= 0.3 is 0 Å². The van der Waals surface area contributed by atoms with Crippen LogP contribution in [-0.2, 0) is 4.79 Å². The molecule has 1 N–H and O–H groups in total. The van der Waals surface area contributed by atoms with Crippen LogP contribution in [0.3, 0.4) is 0 Å². The van der Waals surface area contributed by atoms with E-state index < -0.39 is 0 Å². The third-order valence-electron chi connectivity index (χ3n) is 2.99. The lowest BCUT2D eigenvalue weighted by Crippen LogP contribution is -2.50. The molecule has 2 fully saturated rings. The van der Waals surface area contributed by atoms with Gasteiger partial charge in [-0.15, -0.1) is 0 Å². The average molecular weight is 195 g/mol. The van der Waals surface area contributed by atoms with Gasteiger partial charge in [-0.25, -0.2) is 0 Å². The molecule has 0 unspecified atom stereocenters. The quantitative estimate of drug-likeness (QED) is 0.490. The molecule has 1 saturated carbocycles. The molecule has 78 valence electrons. The lowest BCUT2D eigenvalue weighted by molar-refractivity contribution is -0.133.